The minimum Gasteiger partial charge on any atom is -0.478 e. The fourth-order valence-corrected chi connectivity index (χ4v) is 1.53. The predicted octanol–water partition coefficient (Wildman–Crippen LogP) is 2.12. The van der Waals surface area contributed by atoms with Crippen LogP contribution in [0.2, 0.25) is 0 Å². The Bertz CT molecular complexity index is 426. The molecule has 0 bridgehead atoms. The van der Waals surface area contributed by atoms with Crippen LogP contribution in [-0.4, -0.2) is 17.3 Å². The Balaban J connectivity index is 3.39. The van der Waals surface area contributed by atoms with Crippen molar-refractivity contribution in [2.75, 3.05) is 6.26 Å². The van der Waals surface area contributed by atoms with Crippen LogP contribution in [0.1, 0.15) is 15.9 Å². The van der Waals surface area contributed by atoms with E-state index in [-0.39, 0.29) is 5.56 Å². The van der Waals surface area contributed by atoms with Crippen molar-refractivity contribution in [2.45, 2.75) is 4.90 Å². The molecule has 0 fully saturated rings. The number of aromatic carboxylic acids is 1. The Morgan fingerprint density at radius 3 is 2.71 bits per heavy atom. The Morgan fingerprint density at radius 1 is 1.64 bits per heavy atom. The number of benzene rings is 1. The van der Waals surface area contributed by atoms with Crippen LogP contribution in [0.5, 0.6) is 0 Å². The molecule has 1 aromatic rings. The molecule has 72 valence electrons. The summed E-state index contributed by atoms with van der Waals surface area (Å²) in [5.74, 6) is -2.21. The van der Waals surface area contributed by atoms with E-state index >= 15 is 0 Å². The van der Waals surface area contributed by atoms with Crippen LogP contribution in [0.25, 0.3) is 0 Å². The molecule has 0 atom stereocenters. The lowest BCUT2D eigenvalue weighted by Gasteiger charge is -2.02. The first kappa shape index (κ1) is 10.5. The molecule has 0 aliphatic rings. The minimum atomic E-state index is -1.33. The zero-order valence-electron chi connectivity index (χ0n) is 7.24. The van der Waals surface area contributed by atoms with Crippen LogP contribution in [0.3, 0.4) is 0 Å². The van der Waals surface area contributed by atoms with Gasteiger partial charge < -0.3 is 5.11 Å². The number of thioether (sulfide) groups is 1. The molecule has 0 radical (unpaired) electrons. The van der Waals surface area contributed by atoms with E-state index in [0.717, 1.165) is 6.07 Å². The molecule has 0 saturated carbocycles. The van der Waals surface area contributed by atoms with Gasteiger partial charge in [-0.1, -0.05) is 0 Å². The lowest BCUT2D eigenvalue weighted by molar-refractivity contribution is 0.0691. The molecule has 1 aromatic carbocycles. The molecule has 1 rings (SSSR count). The van der Waals surface area contributed by atoms with E-state index in [4.69, 9.17) is 10.4 Å². The highest BCUT2D eigenvalue weighted by Gasteiger charge is 2.14. The summed E-state index contributed by atoms with van der Waals surface area (Å²) in [6.45, 7) is 0. The number of carboxylic acids is 1. The summed E-state index contributed by atoms with van der Waals surface area (Å²) in [7, 11) is 0. The summed E-state index contributed by atoms with van der Waals surface area (Å²) in [5, 5.41) is 17.2. The minimum absolute atomic E-state index is 0.153. The van der Waals surface area contributed by atoms with Crippen LogP contribution in [0.4, 0.5) is 4.39 Å². The zero-order chi connectivity index (χ0) is 10.7. The molecule has 3 nitrogen and oxygen atoms in total. The van der Waals surface area contributed by atoms with Crippen molar-refractivity contribution in [2.24, 2.45) is 0 Å². The van der Waals surface area contributed by atoms with Gasteiger partial charge in [0.05, 0.1) is 11.1 Å². The van der Waals surface area contributed by atoms with Gasteiger partial charge in [0.15, 0.2) is 0 Å². The number of carboxylic acid groups (broad SMARTS) is 1. The highest BCUT2D eigenvalue weighted by atomic mass is 32.2. The third kappa shape index (κ3) is 1.86. The smallest absolute Gasteiger partial charge is 0.338 e. The van der Waals surface area contributed by atoms with Crippen molar-refractivity contribution in [1.29, 1.82) is 5.26 Å². The summed E-state index contributed by atoms with van der Waals surface area (Å²) in [5.41, 5.74) is -0.256. The zero-order valence-corrected chi connectivity index (χ0v) is 8.06. The number of hydrogen-bond acceptors (Lipinski definition) is 3. The Hall–Kier alpha value is -1.54. The normalized spacial score (nSPS) is 9.50. The van der Waals surface area contributed by atoms with Gasteiger partial charge in [0.25, 0.3) is 0 Å². The number of carbonyl (C=O) groups is 1. The van der Waals surface area contributed by atoms with Gasteiger partial charge in [-0.05, 0) is 18.4 Å². The SMILES string of the molecule is CSc1cc(C(=O)O)c(F)cc1C#N. The molecule has 5 heteroatoms. The van der Waals surface area contributed by atoms with E-state index in [1.807, 2.05) is 0 Å². The van der Waals surface area contributed by atoms with Crippen LogP contribution >= 0.6 is 11.8 Å². The van der Waals surface area contributed by atoms with Crippen LogP contribution in [0, 0.1) is 17.1 Å². The van der Waals surface area contributed by atoms with Crippen LogP contribution in [-0.2, 0) is 0 Å². The molecular weight excluding hydrogens is 205 g/mol. The molecule has 0 unspecified atom stereocenters. The van der Waals surface area contributed by atoms with Crippen molar-refractivity contribution in [1.82, 2.24) is 0 Å². The average molecular weight is 211 g/mol. The van der Waals surface area contributed by atoms with Gasteiger partial charge in [-0.3, -0.25) is 0 Å². The fourth-order valence-electron chi connectivity index (χ4n) is 0.974. The summed E-state index contributed by atoms with van der Waals surface area (Å²) in [4.78, 5) is 11.0. The number of hydrogen-bond donors (Lipinski definition) is 1. The number of halogens is 1. The van der Waals surface area contributed by atoms with Crippen molar-refractivity contribution < 1.29 is 14.3 Å². The fraction of sp³-hybridized carbons (Fsp3) is 0.111. The lowest BCUT2D eigenvalue weighted by atomic mass is 10.1. The largest absolute Gasteiger partial charge is 0.478 e. The first-order valence-corrected chi connectivity index (χ1v) is 4.83. The van der Waals surface area contributed by atoms with Gasteiger partial charge in [0.2, 0.25) is 0 Å². The average Bonchev–Trinajstić information content (AvgIpc) is 2.16. The molecular formula is C9H6FNO2S. The Morgan fingerprint density at radius 2 is 2.29 bits per heavy atom. The number of nitrogens with zero attached hydrogens (tertiary/aromatic N) is 1. The van der Waals surface area contributed by atoms with E-state index in [0.29, 0.717) is 4.90 Å². The van der Waals surface area contributed by atoms with Crippen LogP contribution in [0.15, 0.2) is 17.0 Å². The third-order valence-corrected chi connectivity index (χ3v) is 2.42. The highest BCUT2D eigenvalue weighted by molar-refractivity contribution is 7.98. The monoisotopic (exact) mass is 211 g/mol. The number of nitriles is 1. The molecule has 0 heterocycles. The molecule has 0 saturated heterocycles. The number of rotatable bonds is 2. The first-order chi connectivity index (χ1) is 6.60. The van der Waals surface area contributed by atoms with Gasteiger partial charge in [-0.25, -0.2) is 9.18 Å². The summed E-state index contributed by atoms with van der Waals surface area (Å²) in [6, 6.07) is 3.91. The predicted molar refractivity (Wildman–Crippen MR) is 49.9 cm³/mol. The van der Waals surface area contributed by atoms with E-state index in [2.05, 4.69) is 0 Å². The second kappa shape index (κ2) is 4.11. The van der Waals surface area contributed by atoms with Crippen molar-refractivity contribution in [3.63, 3.8) is 0 Å². The second-order valence-electron chi connectivity index (χ2n) is 2.45. The molecule has 0 aliphatic carbocycles. The topological polar surface area (TPSA) is 61.1 Å². The highest BCUT2D eigenvalue weighted by Crippen LogP contribution is 2.23. The maximum absolute atomic E-state index is 13.1. The third-order valence-electron chi connectivity index (χ3n) is 1.64. The lowest BCUT2D eigenvalue weighted by Crippen LogP contribution is -2.01. The Labute approximate surface area is 84.2 Å². The van der Waals surface area contributed by atoms with Gasteiger partial charge in [0.1, 0.15) is 11.9 Å². The summed E-state index contributed by atoms with van der Waals surface area (Å²) >= 11 is 1.21. The molecule has 1 N–H and O–H groups in total. The van der Waals surface area contributed by atoms with Crippen molar-refractivity contribution in [3.05, 3.63) is 29.1 Å². The second-order valence-corrected chi connectivity index (χ2v) is 3.30. The Kier molecular flexibility index (Phi) is 3.10. The molecule has 0 spiro atoms. The molecule has 0 aromatic heterocycles. The van der Waals surface area contributed by atoms with Crippen molar-refractivity contribution in [3.8, 4) is 6.07 Å². The van der Waals surface area contributed by atoms with E-state index in [1.54, 1.807) is 12.3 Å². The van der Waals surface area contributed by atoms with Gasteiger partial charge in [-0.15, -0.1) is 11.8 Å². The maximum Gasteiger partial charge on any atom is 0.338 e. The van der Waals surface area contributed by atoms with Crippen molar-refractivity contribution >= 4 is 17.7 Å². The molecule has 14 heavy (non-hydrogen) atoms. The van der Waals surface area contributed by atoms with E-state index in [9.17, 15) is 9.18 Å². The summed E-state index contributed by atoms with van der Waals surface area (Å²) in [6.07, 6.45) is 1.69. The van der Waals surface area contributed by atoms with Gasteiger partial charge >= 0.3 is 5.97 Å². The van der Waals surface area contributed by atoms with Crippen LogP contribution < -0.4 is 0 Å². The maximum atomic E-state index is 13.1. The molecule has 0 aliphatic heterocycles. The van der Waals surface area contributed by atoms with Gasteiger partial charge in [0, 0.05) is 4.90 Å². The van der Waals surface area contributed by atoms with E-state index < -0.39 is 17.3 Å². The van der Waals surface area contributed by atoms with Gasteiger partial charge in [-0.2, -0.15) is 5.26 Å². The summed E-state index contributed by atoms with van der Waals surface area (Å²) < 4.78 is 13.1. The van der Waals surface area contributed by atoms with E-state index in [1.165, 1.54) is 17.8 Å². The quantitative estimate of drug-likeness (QED) is 0.761. The standard InChI is InChI=1S/C9H6FNO2S/c1-14-8-3-6(9(12)13)7(10)2-5(8)4-11/h2-3H,1H3,(H,12,13). The molecule has 0 amide bonds. The first-order valence-electron chi connectivity index (χ1n) is 3.61.